The summed E-state index contributed by atoms with van der Waals surface area (Å²) in [6.07, 6.45) is 0. The molecule has 0 aromatic heterocycles. The maximum Gasteiger partial charge on any atom is 0.167 e. The fourth-order valence-corrected chi connectivity index (χ4v) is 1.73. The molecule has 0 heterocycles. The quantitative estimate of drug-likeness (QED) is 0.764. The highest BCUT2D eigenvalue weighted by Gasteiger charge is 2.21. The van der Waals surface area contributed by atoms with Crippen LogP contribution in [0.2, 0.25) is 5.02 Å². The number of ether oxygens (including phenoxy) is 3. The van der Waals surface area contributed by atoms with E-state index in [1.807, 2.05) is 0 Å². The van der Waals surface area contributed by atoms with Gasteiger partial charge in [-0.3, -0.25) is 4.79 Å². The number of rotatable bonds is 4. The lowest BCUT2D eigenvalue weighted by Gasteiger charge is -2.15. The van der Waals surface area contributed by atoms with Gasteiger partial charge in [-0.1, -0.05) is 11.6 Å². The van der Waals surface area contributed by atoms with Gasteiger partial charge in [-0.05, 0) is 6.92 Å². The van der Waals surface area contributed by atoms with Crippen LogP contribution in [0.5, 0.6) is 17.2 Å². The van der Waals surface area contributed by atoms with Crippen molar-refractivity contribution in [2.75, 3.05) is 21.3 Å². The molecule has 0 radical (unpaired) electrons. The van der Waals surface area contributed by atoms with Crippen LogP contribution in [0.1, 0.15) is 17.3 Å². The Morgan fingerprint density at radius 1 is 1.12 bits per heavy atom. The molecule has 5 heteroatoms. The van der Waals surface area contributed by atoms with Gasteiger partial charge in [0.25, 0.3) is 0 Å². The van der Waals surface area contributed by atoms with Crippen LogP contribution < -0.4 is 14.2 Å². The highest BCUT2D eigenvalue weighted by molar-refractivity contribution is 6.34. The highest BCUT2D eigenvalue weighted by atomic mass is 35.5. The molecule has 0 amide bonds. The Kier molecular flexibility index (Phi) is 4.01. The Morgan fingerprint density at radius 3 is 2.06 bits per heavy atom. The fourth-order valence-electron chi connectivity index (χ4n) is 1.42. The van der Waals surface area contributed by atoms with Crippen LogP contribution in [0, 0.1) is 0 Å². The third kappa shape index (κ3) is 2.07. The van der Waals surface area contributed by atoms with Crippen LogP contribution in [-0.2, 0) is 0 Å². The number of benzene rings is 1. The van der Waals surface area contributed by atoms with Gasteiger partial charge in [0.15, 0.2) is 11.5 Å². The van der Waals surface area contributed by atoms with Gasteiger partial charge in [0.2, 0.25) is 0 Å². The van der Waals surface area contributed by atoms with Crippen molar-refractivity contribution in [1.82, 2.24) is 0 Å². The average Bonchev–Trinajstić information content (AvgIpc) is 2.27. The second kappa shape index (κ2) is 5.07. The molecule has 0 atom stereocenters. The van der Waals surface area contributed by atoms with Crippen LogP contribution in [-0.4, -0.2) is 27.1 Å². The van der Waals surface area contributed by atoms with Crippen molar-refractivity contribution in [3.63, 3.8) is 0 Å². The number of halogens is 1. The third-order valence-electron chi connectivity index (χ3n) is 2.15. The second-order valence-corrected chi connectivity index (χ2v) is 3.44. The van der Waals surface area contributed by atoms with Crippen molar-refractivity contribution >= 4 is 17.4 Å². The van der Waals surface area contributed by atoms with E-state index in [4.69, 9.17) is 25.8 Å². The molecule has 88 valence electrons. The predicted molar refractivity (Wildman–Crippen MR) is 61.1 cm³/mol. The summed E-state index contributed by atoms with van der Waals surface area (Å²) in [6.45, 7) is 1.42. The molecular formula is C11H13ClO4. The number of carbonyl (C=O) groups is 1. The molecule has 1 rings (SSSR count). The number of Topliss-reactive ketones (excluding diaryl/α,β-unsaturated/α-hetero) is 1. The Balaban J connectivity index is 3.57. The number of hydrogen-bond donors (Lipinski definition) is 0. The van der Waals surface area contributed by atoms with Crippen LogP contribution in [0.4, 0.5) is 0 Å². The standard InChI is InChI=1S/C11H13ClO4/c1-6(13)9-7(14-2)5-8(15-3)10(12)11(9)16-4/h5H,1-4H3. The van der Waals surface area contributed by atoms with E-state index in [1.54, 1.807) is 6.07 Å². The monoisotopic (exact) mass is 244 g/mol. The SMILES string of the molecule is COc1cc(OC)c(C(C)=O)c(OC)c1Cl. The molecule has 0 saturated carbocycles. The maximum absolute atomic E-state index is 11.5. The molecule has 0 fully saturated rings. The first kappa shape index (κ1) is 12.6. The summed E-state index contributed by atoms with van der Waals surface area (Å²) in [5, 5.41) is 0.260. The summed E-state index contributed by atoms with van der Waals surface area (Å²) in [5.41, 5.74) is 0.316. The minimum absolute atomic E-state index is 0.182. The van der Waals surface area contributed by atoms with E-state index in [-0.39, 0.29) is 16.6 Å². The third-order valence-corrected chi connectivity index (χ3v) is 2.51. The van der Waals surface area contributed by atoms with E-state index < -0.39 is 0 Å². The molecule has 0 aliphatic heterocycles. The summed E-state index contributed by atoms with van der Waals surface area (Å²) >= 11 is 6.03. The van der Waals surface area contributed by atoms with Gasteiger partial charge in [0, 0.05) is 6.07 Å². The first-order valence-electron chi connectivity index (χ1n) is 4.56. The fraction of sp³-hybridized carbons (Fsp3) is 0.364. The Bertz CT molecular complexity index is 415. The van der Waals surface area contributed by atoms with Crippen molar-refractivity contribution in [3.8, 4) is 17.2 Å². The number of carbonyl (C=O) groups excluding carboxylic acids is 1. The zero-order valence-electron chi connectivity index (χ0n) is 9.59. The van der Waals surface area contributed by atoms with E-state index in [2.05, 4.69) is 0 Å². The average molecular weight is 245 g/mol. The molecule has 1 aromatic carbocycles. The van der Waals surface area contributed by atoms with E-state index in [1.165, 1.54) is 28.3 Å². The van der Waals surface area contributed by atoms with E-state index in [0.717, 1.165) is 0 Å². The summed E-state index contributed by atoms with van der Waals surface area (Å²) in [7, 11) is 4.38. The van der Waals surface area contributed by atoms with E-state index >= 15 is 0 Å². The zero-order valence-corrected chi connectivity index (χ0v) is 10.3. The van der Waals surface area contributed by atoms with Gasteiger partial charge >= 0.3 is 0 Å². The van der Waals surface area contributed by atoms with Crippen molar-refractivity contribution in [2.45, 2.75) is 6.92 Å². The molecule has 0 N–H and O–H groups in total. The first-order valence-corrected chi connectivity index (χ1v) is 4.94. The normalized spacial score (nSPS) is 9.81. The molecule has 0 unspecified atom stereocenters. The maximum atomic E-state index is 11.5. The Hall–Kier alpha value is -1.42. The lowest BCUT2D eigenvalue weighted by molar-refractivity contribution is 0.101. The van der Waals surface area contributed by atoms with Gasteiger partial charge in [0.05, 0.1) is 21.3 Å². The van der Waals surface area contributed by atoms with Crippen LogP contribution in [0.15, 0.2) is 6.07 Å². The minimum Gasteiger partial charge on any atom is -0.496 e. The number of methoxy groups -OCH3 is 3. The molecule has 0 spiro atoms. The van der Waals surface area contributed by atoms with Crippen molar-refractivity contribution in [2.24, 2.45) is 0 Å². The van der Waals surface area contributed by atoms with Crippen LogP contribution in [0.25, 0.3) is 0 Å². The van der Waals surface area contributed by atoms with E-state index in [9.17, 15) is 4.79 Å². The predicted octanol–water partition coefficient (Wildman–Crippen LogP) is 2.57. The van der Waals surface area contributed by atoms with Crippen LogP contribution >= 0.6 is 11.6 Å². The molecule has 0 aliphatic rings. The molecule has 16 heavy (non-hydrogen) atoms. The van der Waals surface area contributed by atoms with Gasteiger partial charge < -0.3 is 14.2 Å². The first-order chi connectivity index (χ1) is 7.56. The Morgan fingerprint density at radius 2 is 1.69 bits per heavy atom. The van der Waals surface area contributed by atoms with Gasteiger partial charge in [-0.2, -0.15) is 0 Å². The zero-order chi connectivity index (χ0) is 12.3. The summed E-state index contributed by atoms with van der Waals surface area (Å²) in [4.78, 5) is 11.5. The molecule has 0 bridgehead atoms. The lowest BCUT2D eigenvalue weighted by atomic mass is 10.1. The van der Waals surface area contributed by atoms with Gasteiger partial charge in [0.1, 0.15) is 22.1 Å². The van der Waals surface area contributed by atoms with Gasteiger partial charge in [-0.15, -0.1) is 0 Å². The summed E-state index contributed by atoms with van der Waals surface area (Å²) < 4.78 is 15.3. The largest absolute Gasteiger partial charge is 0.496 e. The molecule has 4 nitrogen and oxygen atoms in total. The second-order valence-electron chi connectivity index (χ2n) is 3.06. The molecular weight excluding hydrogens is 232 g/mol. The van der Waals surface area contributed by atoms with E-state index in [0.29, 0.717) is 17.1 Å². The molecule has 0 saturated heterocycles. The highest BCUT2D eigenvalue weighted by Crippen LogP contribution is 2.42. The van der Waals surface area contributed by atoms with Crippen LogP contribution in [0.3, 0.4) is 0 Å². The topological polar surface area (TPSA) is 44.8 Å². The van der Waals surface area contributed by atoms with Crippen molar-refractivity contribution in [3.05, 3.63) is 16.7 Å². The smallest absolute Gasteiger partial charge is 0.167 e. The Labute approximate surface area is 99.1 Å². The number of ketones is 1. The summed E-state index contributed by atoms with van der Waals surface area (Å²) in [5.74, 6) is 0.870. The molecule has 0 aliphatic carbocycles. The summed E-state index contributed by atoms with van der Waals surface area (Å²) in [6, 6.07) is 1.56. The van der Waals surface area contributed by atoms with Gasteiger partial charge in [-0.25, -0.2) is 0 Å². The van der Waals surface area contributed by atoms with Crippen molar-refractivity contribution in [1.29, 1.82) is 0 Å². The van der Waals surface area contributed by atoms with Crippen molar-refractivity contribution < 1.29 is 19.0 Å². The number of hydrogen-bond acceptors (Lipinski definition) is 4. The molecule has 1 aromatic rings. The lowest BCUT2D eigenvalue weighted by Crippen LogP contribution is -2.03. The minimum atomic E-state index is -0.182.